The second kappa shape index (κ2) is 6.05. The van der Waals surface area contributed by atoms with Gasteiger partial charge in [-0.2, -0.15) is 0 Å². The van der Waals surface area contributed by atoms with Gasteiger partial charge in [-0.05, 0) is 31.5 Å². The Morgan fingerprint density at radius 2 is 2.35 bits per heavy atom. The summed E-state index contributed by atoms with van der Waals surface area (Å²) >= 11 is 0. The van der Waals surface area contributed by atoms with Crippen LogP contribution >= 0.6 is 0 Å². The van der Waals surface area contributed by atoms with Crippen LogP contribution in [0.1, 0.15) is 19.3 Å². The molecule has 2 N–H and O–H groups in total. The van der Waals surface area contributed by atoms with Gasteiger partial charge in [-0.25, -0.2) is 4.98 Å². The number of aryl methyl sites for hydroxylation is 1. The maximum Gasteiger partial charge on any atom is 0.222 e. The summed E-state index contributed by atoms with van der Waals surface area (Å²) in [6.07, 6.45) is 4.51. The van der Waals surface area contributed by atoms with Gasteiger partial charge >= 0.3 is 0 Å². The van der Waals surface area contributed by atoms with Gasteiger partial charge in [-0.15, -0.1) is 0 Å². The second-order valence-corrected chi connectivity index (χ2v) is 5.29. The zero-order chi connectivity index (χ0) is 13.8. The van der Waals surface area contributed by atoms with Crippen LogP contribution in [-0.2, 0) is 11.3 Å². The molecule has 1 aromatic carbocycles. The van der Waals surface area contributed by atoms with Gasteiger partial charge in [0.25, 0.3) is 0 Å². The van der Waals surface area contributed by atoms with Gasteiger partial charge < -0.3 is 15.2 Å². The first kappa shape index (κ1) is 13.1. The molecule has 5 heteroatoms. The molecule has 1 amide bonds. The molecule has 0 unspecified atom stereocenters. The molecule has 3 rings (SSSR count). The zero-order valence-corrected chi connectivity index (χ0v) is 11.5. The molecule has 1 aliphatic heterocycles. The number of amides is 1. The van der Waals surface area contributed by atoms with Crippen molar-refractivity contribution in [3.8, 4) is 0 Å². The molecule has 2 aromatic rings. The lowest BCUT2D eigenvalue weighted by Gasteiger charge is -2.23. The molecule has 0 radical (unpaired) electrons. The lowest BCUT2D eigenvalue weighted by atomic mass is 10.1. The fraction of sp³-hybridized carbons (Fsp3) is 0.467. The Morgan fingerprint density at radius 1 is 1.45 bits per heavy atom. The third-order valence-corrected chi connectivity index (χ3v) is 3.77. The SMILES string of the molecule is O=C(CCn1cnc2ccccc21)N[C@H]1CCCNC1. The quantitative estimate of drug-likeness (QED) is 0.882. The molecule has 1 aromatic heterocycles. The van der Waals surface area contributed by atoms with Crippen LogP contribution in [0.4, 0.5) is 0 Å². The van der Waals surface area contributed by atoms with Crippen LogP contribution in [0.25, 0.3) is 11.0 Å². The van der Waals surface area contributed by atoms with Gasteiger partial charge in [0.1, 0.15) is 0 Å². The molecule has 5 nitrogen and oxygen atoms in total. The van der Waals surface area contributed by atoms with E-state index in [0.717, 1.165) is 37.0 Å². The van der Waals surface area contributed by atoms with E-state index in [-0.39, 0.29) is 11.9 Å². The van der Waals surface area contributed by atoms with Crippen LogP contribution in [-0.4, -0.2) is 34.6 Å². The molecule has 106 valence electrons. The van der Waals surface area contributed by atoms with Gasteiger partial charge in [0.05, 0.1) is 17.4 Å². The van der Waals surface area contributed by atoms with E-state index in [1.807, 2.05) is 28.8 Å². The highest BCUT2D eigenvalue weighted by molar-refractivity contribution is 5.77. The summed E-state index contributed by atoms with van der Waals surface area (Å²) in [7, 11) is 0. The number of para-hydroxylation sites is 2. The topological polar surface area (TPSA) is 59.0 Å². The summed E-state index contributed by atoms with van der Waals surface area (Å²) in [5, 5.41) is 6.40. The maximum atomic E-state index is 12.0. The average Bonchev–Trinajstić information content (AvgIpc) is 2.89. The predicted molar refractivity (Wildman–Crippen MR) is 78.4 cm³/mol. The predicted octanol–water partition coefficient (Wildman–Crippen LogP) is 1.29. The lowest BCUT2D eigenvalue weighted by molar-refractivity contribution is -0.122. The average molecular weight is 272 g/mol. The Kier molecular flexibility index (Phi) is 3.97. The molecule has 0 bridgehead atoms. The zero-order valence-electron chi connectivity index (χ0n) is 11.5. The number of rotatable bonds is 4. The monoisotopic (exact) mass is 272 g/mol. The first-order chi connectivity index (χ1) is 9.83. The number of hydrogen-bond donors (Lipinski definition) is 2. The third-order valence-electron chi connectivity index (χ3n) is 3.77. The van der Waals surface area contributed by atoms with Crippen molar-refractivity contribution in [3.05, 3.63) is 30.6 Å². The van der Waals surface area contributed by atoms with Crippen molar-refractivity contribution in [1.29, 1.82) is 0 Å². The van der Waals surface area contributed by atoms with Crippen LogP contribution in [0.15, 0.2) is 30.6 Å². The van der Waals surface area contributed by atoms with Gasteiger partial charge in [-0.1, -0.05) is 12.1 Å². The van der Waals surface area contributed by atoms with E-state index >= 15 is 0 Å². The molecular weight excluding hydrogens is 252 g/mol. The summed E-state index contributed by atoms with van der Waals surface area (Å²) in [5.41, 5.74) is 2.06. The van der Waals surface area contributed by atoms with Crippen molar-refractivity contribution in [2.45, 2.75) is 31.8 Å². The first-order valence-electron chi connectivity index (χ1n) is 7.23. The summed E-state index contributed by atoms with van der Waals surface area (Å²) < 4.78 is 2.04. The second-order valence-electron chi connectivity index (χ2n) is 5.29. The van der Waals surface area contributed by atoms with Crippen molar-refractivity contribution in [2.75, 3.05) is 13.1 Å². The molecule has 1 atom stereocenters. The van der Waals surface area contributed by atoms with Gasteiger partial charge in [0.2, 0.25) is 5.91 Å². The lowest BCUT2D eigenvalue weighted by Crippen LogP contribution is -2.45. The summed E-state index contributed by atoms with van der Waals surface area (Å²) in [6, 6.07) is 8.28. The normalized spacial score (nSPS) is 19.1. The van der Waals surface area contributed by atoms with Crippen molar-refractivity contribution in [3.63, 3.8) is 0 Å². The van der Waals surface area contributed by atoms with E-state index in [4.69, 9.17) is 0 Å². The van der Waals surface area contributed by atoms with Crippen molar-refractivity contribution in [1.82, 2.24) is 20.2 Å². The van der Waals surface area contributed by atoms with E-state index in [1.54, 1.807) is 6.33 Å². The molecular formula is C15H20N4O. The van der Waals surface area contributed by atoms with Gasteiger partial charge in [-0.3, -0.25) is 4.79 Å². The Morgan fingerprint density at radius 3 is 3.20 bits per heavy atom. The maximum absolute atomic E-state index is 12.0. The van der Waals surface area contributed by atoms with Crippen LogP contribution in [0, 0.1) is 0 Å². The van der Waals surface area contributed by atoms with Gasteiger partial charge in [0.15, 0.2) is 0 Å². The highest BCUT2D eigenvalue weighted by Crippen LogP contribution is 2.12. The number of fused-ring (bicyclic) bond motifs is 1. The summed E-state index contributed by atoms with van der Waals surface area (Å²) in [6.45, 7) is 2.62. The number of aromatic nitrogens is 2. The third kappa shape index (κ3) is 2.99. The van der Waals surface area contributed by atoms with Crippen LogP contribution in [0.2, 0.25) is 0 Å². The number of nitrogens with zero attached hydrogens (tertiary/aromatic N) is 2. The number of nitrogens with one attached hydrogen (secondary N) is 2. The summed E-state index contributed by atoms with van der Waals surface area (Å²) in [4.78, 5) is 16.3. The van der Waals surface area contributed by atoms with Crippen molar-refractivity contribution < 1.29 is 4.79 Å². The molecule has 1 aliphatic rings. The Labute approximate surface area is 118 Å². The highest BCUT2D eigenvalue weighted by Gasteiger charge is 2.15. The number of piperidine rings is 1. The number of hydrogen-bond acceptors (Lipinski definition) is 3. The van der Waals surface area contributed by atoms with Crippen molar-refractivity contribution >= 4 is 16.9 Å². The Balaban J connectivity index is 1.54. The minimum Gasteiger partial charge on any atom is -0.352 e. The van der Waals surface area contributed by atoms with Crippen LogP contribution in [0.5, 0.6) is 0 Å². The van der Waals surface area contributed by atoms with E-state index in [0.29, 0.717) is 13.0 Å². The standard InChI is InChI=1S/C15H20N4O/c20-15(18-12-4-3-8-16-10-12)7-9-19-11-17-13-5-1-2-6-14(13)19/h1-2,5-6,11-12,16H,3-4,7-10H2,(H,18,20)/t12-/m0/s1. The molecule has 0 saturated carbocycles. The summed E-state index contributed by atoms with van der Waals surface area (Å²) in [5.74, 6) is 0.122. The highest BCUT2D eigenvalue weighted by atomic mass is 16.1. The fourth-order valence-corrected chi connectivity index (χ4v) is 2.69. The largest absolute Gasteiger partial charge is 0.352 e. The minimum absolute atomic E-state index is 0.122. The number of carbonyl (C=O) groups excluding carboxylic acids is 1. The van der Waals surface area contributed by atoms with Gasteiger partial charge in [0, 0.05) is 25.6 Å². The number of carbonyl (C=O) groups is 1. The smallest absolute Gasteiger partial charge is 0.222 e. The van der Waals surface area contributed by atoms with E-state index in [1.165, 1.54) is 0 Å². The first-order valence-corrected chi connectivity index (χ1v) is 7.23. The van der Waals surface area contributed by atoms with Crippen LogP contribution in [0.3, 0.4) is 0 Å². The molecule has 0 spiro atoms. The molecule has 20 heavy (non-hydrogen) atoms. The number of benzene rings is 1. The fourth-order valence-electron chi connectivity index (χ4n) is 2.69. The molecule has 1 saturated heterocycles. The Bertz CT molecular complexity index is 586. The van der Waals surface area contributed by atoms with E-state index < -0.39 is 0 Å². The van der Waals surface area contributed by atoms with Crippen molar-refractivity contribution in [2.24, 2.45) is 0 Å². The molecule has 0 aliphatic carbocycles. The minimum atomic E-state index is 0.122. The van der Waals surface area contributed by atoms with E-state index in [2.05, 4.69) is 15.6 Å². The van der Waals surface area contributed by atoms with Crippen LogP contribution < -0.4 is 10.6 Å². The molecule has 1 fully saturated rings. The number of imidazole rings is 1. The molecule has 2 heterocycles. The van der Waals surface area contributed by atoms with E-state index in [9.17, 15) is 4.79 Å². The Hall–Kier alpha value is -1.88.